The van der Waals surface area contributed by atoms with Gasteiger partial charge in [-0.1, -0.05) is 27.7 Å². The molecule has 6 heteroatoms. The number of aryl methyl sites for hydroxylation is 1. The molecule has 0 radical (unpaired) electrons. The topological polar surface area (TPSA) is 86.9 Å². The van der Waals surface area contributed by atoms with Crippen molar-refractivity contribution in [1.82, 2.24) is 20.6 Å². The molecule has 21 heavy (non-hydrogen) atoms. The minimum atomic E-state index is -0.388. The van der Waals surface area contributed by atoms with E-state index in [1.807, 2.05) is 34.6 Å². The standard InChI is InChI=1S/C15H26N4O2/c1-7-16-9(2)8-17-12(20)11-10(3)18-14(15(4,5)6)19-13(11)21/h9,16H,7-8H2,1-6H3,(H,17,20)(H,18,19,21)/t9-/m1/s1. The van der Waals surface area contributed by atoms with E-state index in [1.54, 1.807) is 6.92 Å². The summed E-state index contributed by atoms with van der Waals surface area (Å²) in [6, 6.07) is 0.153. The third-order valence-electron chi connectivity index (χ3n) is 3.16. The van der Waals surface area contributed by atoms with E-state index in [9.17, 15) is 9.59 Å². The zero-order chi connectivity index (χ0) is 16.2. The van der Waals surface area contributed by atoms with Crippen LogP contribution in [0.1, 0.15) is 56.5 Å². The quantitative estimate of drug-likeness (QED) is 0.759. The van der Waals surface area contributed by atoms with Crippen LogP contribution in [-0.2, 0) is 5.41 Å². The van der Waals surface area contributed by atoms with Crippen molar-refractivity contribution in [2.24, 2.45) is 0 Å². The van der Waals surface area contributed by atoms with Crippen LogP contribution in [0.3, 0.4) is 0 Å². The van der Waals surface area contributed by atoms with Gasteiger partial charge in [0.1, 0.15) is 11.4 Å². The molecule has 0 aromatic carbocycles. The highest BCUT2D eigenvalue weighted by molar-refractivity contribution is 5.94. The lowest BCUT2D eigenvalue weighted by atomic mass is 9.95. The molecule has 0 saturated heterocycles. The number of H-pyrrole nitrogens is 1. The molecule has 6 nitrogen and oxygen atoms in total. The largest absolute Gasteiger partial charge is 0.350 e. The summed E-state index contributed by atoms with van der Waals surface area (Å²) >= 11 is 0. The Morgan fingerprint density at radius 2 is 2.00 bits per heavy atom. The molecule has 1 atom stereocenters. The summed E-state index contributed by atoms with van der Waals surface area (Å²) in [4.78, 5) is 31.4. The van der Waals surface area contributed by atoms with Crippen LogP contribution in [0.5, 0.6) is 0 Å². The van der Waals surface area contributed by atoms with Crippen LogP contribution in [0.4, 0.5) is 0 Å². The van der Waals surface area contributed by atoms with Gasteiger partial charge in [0.25, 0.3) is 11.5 Å². The van der Waals surface area contributed by atoms with Crippen LogP contribution in [0.2, 0.25) is 0 Å². The fourth-order valence-corrected chi connectivity index (χ4v) is 1.96. The van der Waals surface area contributed by atoms with Crippen molar-refractivity contribution in [2.75, 3.05) is 13.1 Å². The van der Waals surface area contributed by atoms with Crippen LogP contribution < -0.4 is 16.2 Å². The second-order valence-corrected chi connectivity index (χ2v) is 6.29. The van der Waals surface area contributed by atoms with Gasteiger partial charge in [-0.25, -0.2) is 4.98 Å². The second-order valence-electron chi connectivity index (χ2n) is 6.29. The van der Waals surface area contributed by atoms with Crippen molar-refractivity contribution in [3.8, 4) is 0 Å². The van der Waals surface area contributed by atoms with Crippen molar-refractivity contribution in [1.29, 1.82) is 0 Å². The van der Waals surface area contributed by atoms with Gasteiger partial charge < -0.3 is 15.6 Å². The third-order valence-corrected chi connectivity index (χ3v) is 3.16. The molecule has 0 bridgehead atoms. The summed E-state index contributed by atoms with van der Waals surface area (Å²) < 4.78 is 0. The molecule has 0 aliphatic rings. The Labute approximate surface area is 125 Å². The van der Waals surface area contributed by atoms with Crippen molar-refractivity contribution in [3.63, 3.8) is 0 Å². The van der Waals surface area contributed by atoms with E-state index in [0.717, 1.165) is 6.54 Å². The number of aromatic amines is 1. The average molecular weight is 294 g/mol. The Kier molecular flexibility index (Phi) is 5.66. The Bertz CT molecular complexity index is 558. The Morgan fingerprint density at radius 1 is 1.38 bits per heavy atom. The van der Waals surface area contributed by atoms with E-state index in [1.165, 1.54) is 0 Å². The van der Waals surface area contributed by atoms with Gasteiger partial charge in [-0.05, 0) is 20.4 Å². The summed E-state index contributed by atoms with van der Waals surface area (Å²) in [5.41, 5.74) is -0.108. The molecule has 1 heterocycles. The van der Waals surface area contributed by atoms with Crippen LogP contribution in [-0.4, -0.2) is 35.0 Å². The molecule has 0 spiro atoms. The van der Waals surface area contributed by atoms with Gasteiger partial charge in [0.05, 0.1) is 5.69 Å². The summed E-state index contributed by atoms with van der Waals surface area (Å²) in [6.45, 7) is 12.8. The number of nitrogens with zero attached hydrogens (tertiary/aromatic N) is 1. The van der Waals surface area contributed by atoms with Crippen LogP contribution in [0.25, 0.3) is 0 Å². The lowest BCUT2D eigenvalue weighted by molar-refractivity contribution is 0.0947. The van der Waals surface area contributed by atoms with E-state index in [0.29, 0.717) is 18.1 Å². The predicted molar refractivity (Wildman–Crippen MR) is 83.8 cm³/mol. The average Bonchev–Trinajstić information content (AvgIpc) is 2.34. The number of hydrogen-bond acceptors (Lipinski definition) is 4. The molecule has 1 amide bonds. The van der Waals surface area contributed by atoms with Crippen LogP contribution in [0.15, 0.2) is 4.79 Å². The summed E-state index contributed by atoms with van der Waals surface area (Å²) in [5, 5.41) is 5.96. The van der Waals surface area contributed by atoms with Gasteiger partial charge in [-0.2, -0.15) is 0 Å². The number of hydrogen-bond donors (Lipinski definition) is 3. The molecule has 0 unspecified atom stereocenters. The van der Waals surface area contributed by atoms with Crippen LogP contribution >= 0.6 is 0 Å². The molecule has 0 fully saturated rings. The number of carbonyl (C=O) groups is 1. The highest BCUT2D eigenvalue weighted by atomic mass is 16.2. The van der Waals surface area contributed by atoms with Crippen molar-refractivity contribution in [2.45, 2.75) is 53.0 Å². The zero-order valence-corrected chi connectivity index (χ0v) is 13.8. The third kappa shape index (κ3) is 4.67. The number of nitrogens with one attached hydrogen (secondary N) is 3. The van der Waals surface area contributed by atoms with E-state index < -0.39 is 0 Å². The van der Waals surface area contributed by atoms with E-state index in [4.69, 9.17) is 0 Å². The highest BCUT2D eigenvalue weighted by Gasteiger charge is 2.22. The zero-order valence-electron chi connectivity index (χ0n) is 13.8. The number of aromatic nitrogens is 2. The van der Waals surface area contributed by atoms with E-state index in [-0.39, 0.29) is 28.5 Å². The second kappa shape index (κ2) is 6.85. The molecular weight excluding hydrogens is 268 g/mol. The number of likely N-dealkylation sites (N-methyl/N-ethyl adjacent to an activating group) is 1. The van der Waals surface area contributed by atoms with Crippen molar-refractivity contribution < 1.29 is 4.79 Å². The number of amides is 1. The monoisotopic (exact) mass is 294 g/mol. The molecule has 118 valence electrons. The Morgan fingerprint density at radius 3 is 2.48 bits per heavy atom. The number of carbonyl (C=O) groups excluding carboxylic acids is 1. The first-order valence-corrected chi connectivity index (χ1v) is 7.29. The molecule has 1 aromatic rings. The van der Waals surface area contributed by atoms with E-state index >= 15 is 0 Å². The van der Waals surface area contributed by atoms with Gasteiger partial charge in [0.15, 0.2) is 0 Å². The smallest absolute Gasteiger partial charge is 0.264 e. The maximum Gasteiger partial charge on any atom is 0.264 e. The minimum absolute atomic E-state index is 0.0895. The van der Waals surface area contributed by atoms with Gasteiger partial charge in [0, 0.05) is 18.0 Å². The first kappa shape index (κ1) is 17.4. The Hall–Kier alpha value is -1.69. The molecule has 0 saturated carbocycles. The summed E-state index contributed by atoms with van der Waals surface area (Å²) in [6.07, 6.45) is 0. The Balaban J connectivity index is 2.94. The number of rotatable bonds is 5. The first-order valence-electron chi connectivity index (χ1n) is 7.29. The maximum atomic E-state index is 12.2. The van der Waals surface area contributed by atoms with Crippen molar-refractivity contribution >= 4 is 5.91 Å². The molecule has 0 aliphatic heterocycles. The molecular formula is C15H26N4O2. The fraction of sp³-hybridized carbons (Fsp3) is 0.667. The maximum absolute atomic E-state index is 12.2. The summed E-state index contributed by atoms with van der Waals surface area (Å²) in [5.74, 6) is 0.203. The highest BCUT2D eigenvalue weighted by Crippen LogP contribution is 2.17. The molecule has 1 rings (SSSR count). The fourth-order valence-electron chi connectivity index (χ4n) is 1.96. The molecule has 0 aliphatic carbocycles. The van der Waals surface area contributed by atoms with Gasteiger partial charge in [0.2, 0.25) is 0 Å². The lowest BCUT2D eigenvalue weighted by Gasteiger charge is -2.18. The lowest BCUT2D eigenvalue weighted by Crippen LogP contribution is -2.41. The molecule has 3 N–H and O–H groups in total. The van der Waals surface area contributed by atoms with Gasteiger partial charge >= 0.3 is 0 Å². The van der Waals surface area contributed by atoms with Gasteiger partial charge in [-0.3, -0.25) is 9.59 Å². The SMILES string of the molecule is CCN[C@H](C)CNC(=O)c1c(C)nc(C(C)(C)C)[nH]c1=O. The molecule has 1 aromatic heterocycles. The van der Waals surface area contributed by atoms with E-state index in [2.05, 4.69) is 20.6 Å². The normalized spacial score (nSPS) is 13.0. The van der Waals surface area contributed by atoms with Crippen LogP contribution in [0, 0.1) is 6.92 Å². The minimum Gasteiger partial charge on any atom is -0.350 e. The predicted octanol–water partition coefficient (Wildman–Crippen LogP) is 1.10. The first-order chi connectivity index (χ1) is 9.66. The van der Waals surface area contributed by atoms with Gasteiger partial charge in [-0.15, -0.1) is 0 Å². The van der Waals surface area contributed by atoms with Crippen molar-refractivity contribution in [3.05, 3.63) is 27.4 Å². The summed E-state index contributed by atoms with van der Waals surface area (Å²) in [7, 11) is 0.